The Kier molecular flexibility index (Phi) is 5.59. The van der Waals surface area contributed by atoms with Gasteiger partial charge in [-0.2, -0.15) is 20.3 Å². The maximum Gasteiger partial charge on any atom is 0.252 e. The zero-order chi connectivity index (χ0) is 21.2. The lowest BCUT2D eigenvalue weighted by atomic mass is 9.90. The molecule has 0 aromatic carbocycles. The highest BCUT2D eigenvalue weighted by Gasteiger charge is 2.25. The molecule has 1 N–H and O–H groups in total. The van der Waals surface area contributed by atoms with Crippen molar-refractivity contribution in [1.29, 1.82) is 10.5 Å². The van der Waals surface area contributed by atoms with Crippen molar-refractivity contribution in [1.82, 2.24) is 30.0 Å². The minimum Gasteiger partial charge on any atom is -0.342 e. The van der Waals surface area contributed by atoms with Crippen molar-refractivity contribution < 1.29 is 4.79 Å². The van der Waals surface area contributed by atoms with Gasteiger partial charge in [0.25, 0.3) is 5.91 Å². The molecule has 11 heteroatoms. The molecule has 3 heterocycles. The number of halogens is 1. The first-order valence-electron chi connectivity index (χ1n) is 8.41. The Morgan fingerprint density at radius 1 is 1.34 bits per heavy atom. The second-order valence-electron chi connectivity index (χ2n) is 6.64. The van der Waals surface area contributed by atoms with Gasteiger partial charge in [0.1, 0.15) is 22.4 Å². The Bertz CT molecular complexity index is 1150. The Labute approximate surface area is 175 Å². The van der Waals surface area contributed by atoms with E-state index in [1.807, 2.05) is 6.07 Å². The van der Waals surface area contributed by atoms with Gasteiger partial charge in [-0.05, 0) is 32.9 Å². The molecule has 0 spiro atoms. The van der Waals surface area contributed by atoms with Gasteiger partial charge in [-0.15, -0.1) is 0 Å². The number of amides is 1. The Balaban J connectivity index is 1.85. The number of pyridine rings is 1. The summed E-state index contributed by atoms with van der Waals surface area (Å²) in [5.74, 6) is 0.0538. The molecular formula is C18H15ClN8OS. The van der Waals surface area contributed by atoms with Crippen molar-refractivity contribution in [2.24, 2.45) is 0 Å². The van der Waals surface area contributed by atoms with Crippen LogP contribution >= 0.6 is 22.9 Å². The smallest absolute Gasteiger partial charge is 0.252 e. The zero-order valence-corrected chi connectivity index (χ0v) is 17.3. The van der Waals surface area contributed by atoms with E-state index in [-0.39, 0.29) is 10.7 Å². The van der Waals surface area contributed by atoms with Gasteiger partial charge in [0, 0.05) is 5.56 Å². The van der Waals surface area contributed by atoms with E-state index in [1.165, 1.54) is 34.6 Å². The lowest BCUT2D eigenvalue weighted by Gasteiger charge is -2.17. The van der Waals surface area contributed by atoms with Crippen LogP contribution in [0.4, 0.5) is 0 Å². The molecule has 0 saturated carbocycles. The minimum atomic E-state index is -0.894. The average molecular weight is 427 g/mol. The summed E-state index contributed by atoms with van der Waals surface area (Å²) < 4.78 is 1.47. The lowest BCUT2D eigenvalue weighted by Crippen LogP contribution is -2.29. The molecule has 0 saturated heterocycles. The molecule has 3 rings (SSSR count). The van der Waals surface area contributed by atoms with Crippen molar-refractivity contribution in [2.45, 2.75) is 32.2 Å². The number of nitriles is 2. The topological polar surface area (TPSA) is 133 Å². The predicted molar refractivity (Wildman–Crippen MR) is 106 cm³/mol. The molecule has 9 nitrogen and oxygen atoms in total. The van der Waals surface area contributed by atoms with Crippen molar-refractivity contribution in [3.63, 3.8) is 0 Å². The highest BCUT2D eigenvalue weighted by atomic mass is 35.5. The van der Waals surface area contributed by atoms with Crippen molar-refractivity contribution in [3.05, 3.63) is 51.8 Å². The van der Waals surface area contributed by atoms with Gasteiger partial charge in [-0.3, -0.25) is 4.79 Å². The van der Waals surface area contributed by atoms with Crippen LogP contribution in [-0.2, 0) is 5.41 Å². The van der Waals surface area contributed by atoms with Gasteiger partial charge in [0.15, 0.2) is 5.82 Å². The summed E-state index contributed by atoms with van der Waals surface area (Å²) in [4.78, 5) is 25.7. The van der Waals surface area contributed by atoms with Gasteiger partial charge in [0.05, 0.1) is 29.4 Å². The number of rotatable bonds is 5. The number of aromatic nitrogens is 5. The van der Waals surface area contributed by atoms with Crippen LogP contribution in [0.5, 0.6) is 0 Å². The zero-order valence-electron chi connectivity index (χ0n) is 15.7. The number of hydrogen-bond donors (Lipinski definition) is 1. The maximum absolute atomic E-state index is 12.8. The molecule has 0 bridgehead atoms. The molecule has 0 aliphatic carbocycles. The number of hydrogen-bond acceptors (Lipinski definition) is 8. The summed E-state index contributed by atoms with van der Waals surface area (Å²) >= 11 is 7.22. The largest absolute Gasteiger partial charge is 0.342 e. The molecule has 0 unspecified atom stereocenters. The maximum atomic E-state index is 12.8. The third kappa shape index (κ3) is 4.24. The van der Waals surface area contributed by atoms with Gasteiger partial charge in [-0.25, -0.2) is 15.0 Å². The van der Waals surface area contributed by atoms with E-state index in [0.29, 0.717) is 21.5 Å². The monoisotopic (exact) mass is 426 g/mol. The number of carbonyl (C=O) groups excluding carboxylic acids is 1. The number of nitrogens with one attached hydrogen (secondary N) is 1. The molecule has 3 aromatic rings. The fourth-order valence-corrected chi connectivity index (χ4v) is 3.35. The SMILES string of the molecule is C[C@H](NC(=O)c1cc(Cl)nc(C(C)(C)C#N)c1)c1ncnn1-c1ncc(C#N)s1. The van der Waals surface area contributed by atoms with Crippen LogP contribution in [0.25, 0.3) is 5.13 Å². The molecule has 0 aliphatic rings. The number of nitrogens with zero attached hydrogens (tertiary/aromatic N) is 7. The first kappa shape index (κ1) is 20.4. The van der Waals surface area contributed by atoms with Crippen molar-refractivity contribution in [2.75, 3.05) is 0 Å². The summed E-state index contributed by atoms with van der Waals surface area (Å²) in [5.41, 5.74) is -0.211. The first-order chi connectivity index (χ1) is 13.7. The Morgan fingerprint density at radius 2 is 2.10 bits per heavy atom. The van der Waals surface area contributed by atoms with Crippen LogP contribution in [0, 0.1) is 22.7 Å². The van der Waals surface area contributed by atoms with E-state index in [4.69, 9.17) is 16.9 Å². The molecule has 1 atom stereocenters. The van der Waals surface area contributed by atoms with E-state index in [9.17, 15) is 10.1 Å². The van der Waals surface area contributed by atoms with Gasteiger partial charge in [0.2, 0.25) is 5.13 Å². The second kappa shape index (κ2) is 7.95. The summed E-state index contributed by atoms with van der Waals surface area (Å²) in [6.45, 7) is 5.14. The Hall–Kier alpha value is -3.34. The van der Waals surface area contributed by atoms with Crippen molar-refractivity contribution >= 4 is 28.8 Å². The van der Waals surface area contributed by atoms with E-state index in [1.54, 1.807) is 26.8 Å². The number of thiazole rings is 1. The minimum absolute atomic E-state index is 0.124. The lowest BCUT2D eigenvalue weighted by molar-refractivity contribution is 0.0937. The summed E-state index contributed by atoms with van der Waals surface area (Å²) in [7, 11) is 0. The van der Waals surface area contributed by atoms with Gasteiger partial charge >= 0.3 is 0 Å². The normalized spacial score (nSPS) is 12.1. The standard InChI is InChI=1S/C18H15ClN8OS/c1-10(15-23-9-24-27(15)17-22-7-12(6-20)29-17)25-16(28)11-4-13(18(2,3)8-21)26-14(19)5-11/h4-5,7,9-10H,1-3H3,(H,25,28)/t10-/m0/s1. The second-order valence-corrected chi connectivity index (χ2v) is 8.04. The highest BCUT2D eigenvalue weighted by molar-refractivity contribution is 7.14. The molecule has 29 heavy (non-hydrogen) atoms. The summed E-state index contributed by atoms with van der Waals surface area (Å²) in [6, 6.07) is 6.63. The van der Waals surface area contributed by atoms with Crippen LogP contribution in [0.2, 0.25) is 5.15 Å². The Morgan fingerprint density at radius 3 is 2.76 bits per heavy atom. The van der Waals surface area contributed by atoms with Crippen molar-refractivity contribution in [3.8, 4) is 17.3 Å². The third-order valence-corrected chi connectivity index (χ3v) is 5.14. The molecule has 146 valence electrons. The van der Waals surface area contributed by atoms with E-state index in [2.05, 4.69) is 31.4 Å². The summed E-state index contributed by atoms with van der Waals surface area (Å²) in [5, 5.41) is 25.9. The number of carbonyl (C=O) groups is 1. The molecule has 1 amide bonds. The van der Waals surface area contributed by atoms with Crippen LogP contribution in [0.1, 0.15) is 53.6 Å². The van der Waals surface area contributed by atoms with Crippen LogP contribution in [0.15, 0.2) is 24.7 Å². The van der Waals surface area contributed by atoms with Gasteiger partial charge in [-0.1, -0.05) is 22.9 Å². The van der Waals surface area contributed by atoms with E-state index >= 15 is 0 Å². The van der Waals surface area contributed by atoms with E-state index < -0.39 is 17.4 Å². The molecule has 3 aromatic heterocycles. The first-order valence-corrected chi connectivity index (χ1v) is 9.61. The predicted octanol–water partition coefficient (Wildman–Crippen LogP) is 2.94. The van der Waals surface area contributed by atoms with Crippen LogP contribution in [0.3, 0.4) is 0 Å². The molecule has 0 radical (unpaired) electrons. The van der Waals surface area contributed by atoms with Crippen LogP contribution < -0.4 is 5.32 Å². The van der Waals surface area contributed by atoms with Gasteiger partial charge < -0.3 is 5.32 Å². The fraction of sp³-hybridized carbons (Fsp3) is 0.278. The third-order valence-electron chi connectivity index (χ3n) is 4.07. The molecule has 0 fully saturated rings. The fourth-order valence-electron chi connectivity index (χ4n) is 2.46. The quantitative estimate of drug-likeness (QED) is 0.620. The van der Waals surface area contributed by atoms with E-state index in [0.717, 1.165) is 0 Å². The molecular weight excluding hydrogens is 412 g/mol. The molecule has 0 aliphatic heterocycles. The van der Waals surface area contributed by atoms with Crippen LogP contribution in [-0.4, -0.2) is 30.6 Å². The average Bonchev–Trinajstić information content (AvgIpc) is 3.36. The summed E-state index contributed by atoms with van der Waals surface area (Å²) in [6.07, 6.45) is 2.80. The highest BCUT2D eigenvalue weighted by Crippen LogP contribution is 2.24.